The number of piperidine rings is 1. The van der Waals surface area contributed by atoms with Gasteiger partial charge < -0.3 is 15.4 Å². The Hall–Kier alpha value is -1.50. The van der Waals surface area contributed by atoms with Gasteiger partial charge in [-0.1, -0.05) is 0 Å². The number of hydrogen-bond donors (Lipinski definition) is 2. The van der Waals surface area contributed by atoms with E-state index in [1.54, 1.807) is 18.4 Å². The summed E-state index contributed by atoms with van der Waals surface area (Å²) in [6, 6.07) is 6.02. The van der Waals surface area contributed by atoms with Crippen molar-refractivity contribution >= 4 is 33.1 Å². The largest absolute Gasteiger partial charge is 0.384 e. The molecule has 2 aliphatic rings. The second-order valence-electron chi connectivity index (χ2n) is 6.93. The SMILES string of the molecule is COCC1(C(=O)Nc2ccc3nc(C4CC4)sc3c2)CCNCC1. The number of anilines is 1. The summed E-state index contributed by atoms with van der Waals surface area (Å²) in [6.45, 7) is 2.18. The molecule has 1 amide bonds. The first-order valence-electron chi connectivity index (χ1n) is 8.62. The molecule has 5 nitrogen and oxygen atoms in total. The molecule has 0 unspecified atom stereocenters. The fourth-order valence-electron chi connectivity index (χ4n) is 3.41. The molecule has 2 aromatic rings. The maximum absolute atomic E-state index is 12.9. The zero-order valence-electron chi connectivity index (χ0n) is 13.9. The van der Waals surface area contributed by atoms with Gasteiger partial charge in [-0.15, -0.1) is 11.3 Å². The van der Waals surface area contributed by atoms with E-state index >= 15 is 0 Å². The van der Waals surface area contributed by atoms with Crippen LogP contribution in [0.4, 0.5) is 5.69 Å². The van der Waals surface area contributed by atoms with E-state index in [1.807, 2.05) is 12.1 Å². The van der Waals surface area contributed by atoms with Crippen LogP contribution in [0.1, 0.15) is 36.6 Å². The Kier molecular flexibility index (Phi) is 4.28. The van der Waals surface area contributed by atoms with Crippen LogP contribution in [-0.4, -0.2) is 37.7 Å². The maximum atomic E-state index is 12.9. The third-order valence-electron chi connectivity index (χ3n) is 5.05. The Morgan fingerprint density at radius 2 is 2.21 bits per heavy atom. The second-order valence-corrected chi connectivity index (χ2v) is 7.99. The van der Waals surface area contributed by atoms with Gasteiger partial charge in [-0.05, 0) is 57.0 Å². The third kappa shape index (κ3) is 3.06. The topological polar surface area (TPSA) is 63.2 Å². The monoisotopic (exact) mass is 345 g/mol. The smallest absolute Gasteiger partial charge is 0.233 e. The van der Waals surface area contributed by atoms with Crippen molar-refractivity contribution in [1.82, 2.24) is 10.3 Å². The molecule has 0 radical (unpaired) electrons. The number of carbonyl (C=O) groups excluding carboxylic acids is 1. The molecule has 1 saturated heterocycles. The minimum Gasteiger partial charge on any atom is -0.384 e. The van der Waals surface area contributed by atoms with E-state index in [4.69, 9.17) is 9.72 Å². The molecule has 1 aromatic heterocycles. The lowest BCUT2D eigenvalue weighted by atomic mass is 9.78. The molecule has 0 atom stereocenters. The van der Waals surface area contributed by atoms with Crippen molar-refractivity contribution in [2.75, 3.05) is 32.1 Å². The van der Waals surface area contributed by atoms with Crippen LogP contribution in [0, 0.1) is 5.41 Å². The number of fused-ring (bicyclic) bond motifs is 1. The number of rotatable bonds is 5. The molecule has 1 aliphatic heterocycles. The van der Waals surface area contributed by atoms with Gasteiger partial charge in [-0.25, -0.2) is 4.98 Å². The molecule has 24 heavy (non-hydrogen) atoms. The summed E-state index contributed by atoms with van der Waals surface area (Å²) in [5.74, 6) is 0.734. The first kappa shape index (κ1) is 16.0. The van der Waals surface area contributed by atoms with Gasteiger partial charge in [0.25, 0.3) is 0 Å². The predicted octanol–water partition coefficient (Wildman–Crippen LogP) is 3.13. The second kappa shape index (κ2) is 6.43. The predicted molar refractivity (Wildman–Crippen MR) is 96.6 cm³/mol. The van der Waals surface area contributed by atoms with Gasteiger partial charge in [-0.2, -0.15) is 0 Å². The van der Waals surface area contributed by atoms with Gasteiger partial charge in [0.15, 0.2) is 0 Å². The van der Waals surface area contributed by atoms with Crippen LogP contribution < -0.4 is 10.6 Å². The normalized spacial score (nSPS) is 20.2. The molecule has 1 aromatic carbocycles. The number of amides is 1. The molecule has 6 heteroatoms. The van der Waals surface area contributed by atoms with Crippen LogP contribution in [0.25, 0.3) is 10.2 Å². The first-order chi connectivity index (χ1) is 11.7. The van der Waals surface area contributed by atoms with Crippen molar-refractivity contribution in [3.05, 3.63) is 23.2 Å². The quantitative estimate of drug-likeness (QED) is 0.874. The summed E-state index contributed by atoms with van der Waals surface area (Å²) >= 11 is 1.76. The number of aromatic nitrogens is 1. The zero-order valence-corrected chi connectivity index (χ0v) is 14.7. The highest BCUT2D eigenvalue weighted by molar-refractivity contribution is 7.18. The number of hydrogen-bond acceptors (Lipinski definition) is 5. The molecule has 4 rings (SSSR count). The zero-order chi connectivity index (χ0) is 16.6. The van der Waals surface area contributed by atoms with Crippen molar-refractivity contribution in [3.63, 3.8) is 0 Å². The molecule has 2 fully saturated rings. The Morgan fingerprint density at radius 3 is 2.92 bits per heavy atom. The number of methoxy groups -OCH3 is 1. The number of benzene rings is 1. The highest BCUT2D eigenvalue weighted by atomic mass is 32.1. The lowest BCUT2D eigenvalue weighted by Gasteiger charge is -2.35. The minimum atomic E-state index is -0.429. The van der Waals surface area contributed by atoms with E-state index in [1.165, 1.54) is 17.8 Å². The average molecular weight is 345 g/mol. The summed E-state index contributed by atoms with van der Waals surface area (Å²) < 4.78 is 6.51. The van der Waals surface area contributed by atoms with Crippen molar-refractivity contribution in [3.8, 4) is 0 Å². The first-order valence-corrected chi connectivity index (χ1v) is 9.43. The third-order valence-corrected chi connectivity index (χ3v) is 6.23. The van der Waals surface area contributed by atoms with Gasteiger partial charge in [0, 0.05) is 18.7 Å². The van der Waals surface area contributed by atoms with E-state index in [9.17, 15) is 4.79 Å². The Labute approximate surface area is 145 Å². The molecular formula is C18H23N3O2S. The molecule has 0 bridgehead atoms. The van der Waals surface area contributed by atoms with E-state index in [0.29, 0.717) is 12.5 Å². The fourth-order valence-corrected chi connectivity index (χ4v) is 4.58. The Morgan fingerprint density at radius 1 is 1.42 bits per heavy atom. The highest BCUT2D eigenvalue weighted by Crippen LogP contribution is 2.43. The van der Waals surface area contributed by atoms with Crippen LogP contribution in [0.3, 0.4) is 0 Å². The van der Waals surface area contributed by atoms with Crippen LogP contribution in [0.5, 0.6) is 0 Å². The molecule has 128 valence electrons. The molecular weight excluding hydrogens is 322 g/mol. The van der Waals surface area contributed by atoms with E-state index in [-0.39, 0.29) is 5.91 Å². The van der Waals surface area contributed by atoms with Gasteiger partial charge in [0.05, 0.1) is 27.2 Å². The van der Waals surface area contributed by atoms with Gasteiger partial charge in [0.1, 0.15) is 0 Å². The summed E-state index contributed by atoms with van der Waals surface area (Å²) in [4.78, 5) is 17.6. The van der Waals surface area contributed by atoms with Crippen molar-refractivity contribution in [2.24, 2.45) is 5.41 Å². The average Bonchev–Trinajstić information content (AvgIpc) is 3.35. The van der Waals surface area contributed by atoms with Crippen LogP contribution >= 0.6 is 11.3 Å². The summed E-state index contributed by atoms with van der Waals surface area (Å²) in [5, 5.41) is 7.67. The van der Waals surface area contributed by atoms with Gasteiger partial charge in [-0.3, -0.25) is 4.79 Å². The molecule has 1 saturated carbocycles. The summed E-state index contributed by atoms with van der Waals surface area (Å²) in [7, 11) is 1.67. The standard InChI is InChI=1S/C18H23N3O2S/c1-23-11-18(6-8-19-9-7-18)17(22)20-13-4-5-14-15(10-13)24-16(21-14)12-2-3-12/h4-5,10,12,19H,2-3,6-9,11H2,1H3,(H,20,22). The van der Waals surface area contributed by atoms with E-state index in [0.717, 1.165) is 41.8 Å². The number of thiazole rings is 1. The molecule has 0 spiro atoms. The van der Waals surface area contributed by atoms with E-state index < -0.39 is 5.41 Å². The highest BCUT2D eigenvalue weighted by Gasteiger charge is 2.39. The minimum absolute atomic E-state index is 0.0668. The number of nitrogens with one attached hydrogen (secondary N) is 2. The molecule has 2 N–H and O–H groups in total. The Balaban J connectivity index is 1.54. The number of nitrogens with zero attached hydrogens (tertiary/aromatic N) is 1. The van der Waals surface area contributed by atoms with Crippen molar-refractivity contribution < 1.29 is 9.53 Å². The van der Waals surface area contributed by atoms with Gasteiger partial charge >= 0.3 is 0 Å². The molecule has 2 heterocycles. The lowest BCUT2D eigenvalue weighted by molar-refractivity contribution is -0.130. The Bertz CT molecular complexity index is 742. The summed E-state index contributed by atoms with van der Waals surface area (Å²) in [5.41, 5.74) is 1.46. The number of carbonyl (C=O) groups is 1. The molecule has 1 aliphatic carbocycles. The lowest BCUT2D eigenvalue weighted by Crippen LogP contribution is -2.47. The van der Waals surface area contributed by atoms with Crippen LogP contribution in [0.2, 0.25) is 0 Å². The van der Waals surface area contributed by atoms with E-state index in [2.05, 4.69) is 16.7 Å². The van der Waals surface area contributed by atoms with Crippen molar-refractivity contribution in [1.29, 1.82) is 0 Å². The van der Waals surface area contributed by atoms with Crippen LogP contribution in [0.15, 0.2) is 18.2 Å². The summed E-state index contributed by atoms with van der Waals surface area (Å²) in [6.07, 6.45) is 4.14. The van der Waals surface area contributed by atoms with Gasteiger partial charge in [0.2, 0.25) is 5.91 Å². The van der Waals surface area contributed by atoms with Crippen molar-refractivity contribution in [2.45, 2.75) is 31.6 Å². The number of ether oxygens (including phenoxy) is 1. The maximum Gasteiger partial charge on any atom is 0.233 e. The fraction of sp³-hybridized carbons (Fsp3) is 0.556. The van der Waals surface area contributed by atoms with Crippen LogP contribution in [-0.2, 0) is 9.53 Å².